The van der Waals surface area contributed by atoms with Crippen molar-refractivity contribution in [1.82, 2.24) is 10.2 Å². The fourth-order valence-corrected chi connectivity index (χ4v) is 5.79. The molecule has 1 unspecified atom stereocenters. The van der Waals surface area contributed by atoms with Crippen LogP contribution in [0.4, 0.5) is 18.9 Å². The van der Waals surface area contributed by atoms with Crippen LogP contribution in [0.5, 0.6) is 5.75 Å². The number of carbonyl (C=O) groups is 2. The molecular formula is C30H34F3N3O5S. The summed E-state index contributed by atoms with van der Waals surface area (Å²) >= 11 is 0. The van der Waals surface area contributed by atoms with Crippen molar-refractivity contribution in [1.29, 1.82) is 0 Å². The van der Waals surface area contributed by atoms with Crippen molar-refractivity contribution in [3.05, 3.63) is 89.5 Å². The van der Waals surface area contributed by atoms with Gasteiger partial charge in [-0.25, -0.2) is 8.42 Å². The van der Waals surface area contributed by atoms with Gasteiger partial charge in [-0.05, 0) is 68.3 Å². The monoisotopic (exact) mass is 605 g/mol. The Kier molecular flexibility index (Phi) is 10.6. The number of hydrogen-bond acceptors (Lipinski definition) is 5. The van der Waals surface area contributed by atoms with E-state index in [1.807, 2.05) is 0 Å². The maximum atomic E-state index is 14.0. The number of likely N-dealkylation sites (N-methyl/N-ethyl adjacent to an activating group) is 1. The molecule has 3 aromatic carbocycles. The van der Waals surface area contributed by atoms with Crippen molar-refractivity contribution in [3.8, 4) is 5.75 Å². The van der Waals surface area contributed by atoms with Crippen LogP contribution in [-0.4, -0.2) is 51.4 Å². The van der Waals surface area contributed by atoms with E-state index in [2.05, 4.69) is 5.32 Å². The molecule has 42 heavy (non-hydrogen) atoms. The SMILES string of the molecule is CCNC(=O)C(CC)N(Cc1cccc(OC)c1)C(=O)CN(c1cccc(C(F)(F)F)c1)S(=O)(=O)c1ccc(C)cc1. The van der Waals surface area contributed by atoms with Crippen LogP contribution < -0.4 is 14.4 Å². The van der Waals surface area contributed by atoms with Crippen LogP contribution >= 0.6 is 0 Å². The highest BCUT2D eigenvalue weighted by Gasteiger charge is 2.36. The molecular weight excluding hydrogens is 571 g/mol. The van der Waals surface area contributed by atoms with E-state index in [4.69, 9.17) is 4.74 Å². The van der Waals surface area contributed by atoms with Gasteiger partial charge >= 0.3 is 6.18 Å². The van der Waals surface area contributed by atoms with Gasteiger partial charge in [0.1, 0.15) is 18.3 Å². The summed E-state index contributed by atoms with van der Waals surface area (Å²) in [5, 5.41) is 2.70. The van der Waals surface area contributed by atoms with Gasteiger partial charge in [-0.15, -0.1) is 0 Å². The van der Waals surface area contributed by atoms with E-state index in [9.17, 15) is 31.2 Å². The molecule has 1 atom stereocenters. The van der Waals surface area contributed by atoms with Gasteiger partial charge in [0.05, 0.1) is 23.3 Å². The standard InChI is InChI=1S/C30H34F3N3O5S/c1-5-27(29(38)34-6-2)35(19-22-9-7-12-25(17-22)41-4)28(37)20-36(24-11-8-10-23(18-24)30(31,32)33)42(39,40)26-15-13-21(3)14-16-26/h7-18,27H,5-6,19-20H2,1-4H3,(H,34,38). The summed E-state index contributed by atoms with van der Waals surface area (Å²) < 4.78 is 74.5. The van der Waals surface area contributed by atoms with Crippen molar-refractivity contribution in [3.63, 3.8) is 0 Å². The smallest absolute Gasteiger partial charge is 0.416 e. The summed E-state index contributed by atoms with van der Waals surface area (Å²) in [4.78, 5) is 28.0. The molecule has 0 saturated heterocycles. The Bertz CT molecular complexity index is 1490. The largest absolute Gasteiger partial charge is 0.497 e. The highest BCUT2D eigenvalue weighted by molar-refractivity contribution is 7.92. The van der Waals surface area contributed by atoms with Crippen LogP contribution in [0.15, 0.2) is 77.7 Å². The van der Waals surface area contributed by atoms with Gasteiger partial charge in [-0.1, -0.05) is 42.8 Å². The van der Waals surface area contributed by atoms with Crippen LogP contribution in [0.2, 0.25) is 0 Å². The minimum absolute atomic E-state index is 0.0767. The lowest BCUT2D eigenvalue weighted by atomic mass is 10.1. The first-order valence-corrected chi connectivity index (χ1v) is 14.7. The zero-order chi connectivity index (χ0) is 31.1. The van der Waals surface area contributed by atoms with Crippen molar-refractivity contribution in [2.75, 3.05) is 24.5 Å². The number of anilines is 1. The lowest BCUT2D eigenvalue weighted by Crippen LogP contribution is -2.52. The third kappa shape index (κ3) is 7.81. The molecule has 0 bridgehead atoms. The fourth-order valence-electron chi connectivity index (χ4n) is 4.38. The Hall–Kier alpha value is -4.06. The highest BCUT2D eigenvalue weighted by Crippen LogP contribution is 2.33. The minimum Gasteiger partial charge on any atom is -0.497 e. The molecule has 0 fully saturated rings. The van der Waals surface area contributed by atoms with E-state index in [0.29, 0.717) is 28.2 Å². The fraction of sp³-hybridized carbons (Fsp3) is 0.333. The number of alkyl halides is 3. The number of aryl methyl sites for hydroxylation is 1. The second-order valence-electron chi connectivity index (χ2n) is 9.56. The number of amides is 2. The zero-order valence-electron chi connectivity index (χ0n) is 23.8. The summed E-state index contributed by atoms with van der Waals surface area (Å²) in [5.41, 5.74) is -0.0324. The van der Waals surface area contributed by atoms with Gasteiger partial charge in [0.25, 0.3) is 10.0 Å². The van der Waals surface area contributed by atoms with E-state index in [1.165, 1.54) is 30.2 Å². The summed E-state index contributed by atoms with van der Waals surface area (Å²) in [6.45, 7) is 4.56. The van der Waals surface area contributed by atoms with Gasteiger partial charge < -0.3 is 15.0 Å². The van der Waals surface area contributed by atoms with Gasteiger partial charge in [0, 0.05) is 13.1 Å². The molecule has 0 heterocycles. The third-order valence-corrected chi connectivity index (χ3v) is 8.36. The molecule has 3 rings (SSSR count). The predicted octanol–water partition coefficient (Wildman–Crippen LogP) is 5.16. The number of carbonyl (C=O) groups excluding carboxylic acids is 2. The quantitative estimate of drug-likeness (QED) is 0.308. The average Bonchev–Trinajstić information content (AvgIpc) is 2.95. The molecule has 1 N–H and O–H groups in total. The Morgan fingerprint density at radius 3 is 2.24 bits per heavy atom. The first-order valence-electron chi connectivity index (χ1n) is 13.3. The van der Waals surface area contributed by atoms with Crippen LogP contribution in [0.3, 0.4) is 0 Å². The second-order valence-corrected chi connectivity index (χ2v) is 11.4. The molecule has 0 saturated carbocycles. The van der Waals surface area contributed by atoms with Crippen molar-refractivity contribution >= 4 is 27.5 Å². The van der Waals surface area contributed by atoms with Crippen molar-refractivity contribution < 1.29 is 35.9 Å². The van der Waals surface area contributed by atoms with Crippen molar-refractivity contribution in [2.24, 2.45) is 0 Å². The Morgan fingerprint density at radius 1 is 0.976 bits per heavy atom. The van der Waals surface area contributed by atoms with E-state index >= 15 is 0 Å². The summed E-state index contributed by atoms with van der Waals surface area (Å²) in [6, 6.07) is 15.4. The summed E-state index contributed by atoms with van der Waals surface area (Å²) in [5.74, 6) is -0.703. The van der Waals surface area contributed by atoms with E-state index in [1.54, 1.807) is 57.2 Å². The number of benzene rings is 3. The zero-order valence-corrected chi connectivity index (χ0v) is 24.6. The topological polar surface area (TPSA) is 96.0 Å². The number of sulfonamides is 1. The van der Waals surface area contributed by atoms with Gasteiger partial charge in [-0.2, -0.15) is 13.2 Å². The maximum Gasteiger partial charge on any atom is 0.416 e. The summed E-state index contributed by atoms with van der Waals surface area (Å²) in [7, 11) is -3.03. The van der Waals surface area contributed by atoms with E-state index in [-0.39, 0.29) is 23.5 Å². The Morgan fingerprint density at radius 2 is 1.64 bits per heavy atom. The molecule has 8 nitrogen and oxygen atoms in total. The predicted molar refractivity (Wildman–Crippen MR) is 153 cm³/mol. The summed E-state index contributed by atoms with van der Waals surface area (Å²) in [6.07, 6.45) is -4.54. The third-order valence-electron chi connectivity index (χ3n) is 6.57. The second kappa shape index (κ2) is 13.7. The normalized spacial score (nSPS) is 12.4. The number of nitrogens with one attached hydrogen (secondary N) is 1. The molecule has 226 valence electrons. The number of rotatable bonds is 12. The molecule has 12 heteroatoms. The Labute approximate surface area is 244 Å². The molecule has 2 amide bonds. The number of ether oxygens (including phenoxy) is 1. The number of halogens is 3. The van der Waals surface area contributed by atoms with Crippen LogP contribution in [0.25, 0.3) is 0 Å². The maximum absolute atomic E-state index is 14.0. The van der Waals surface area contributed by atoms with Crippen molar-refractivity contribution in [2.45, 2.75) is 50.9 Å². The lowest BCUT2D eigenvalue weighted by molar-refractivity contribution is -0.140. The van der Waals surface area contributed by atoms with Gasteiger partial charge in [-0.3, -0.25) is 13.9 Å². The van der Waals surface area contributed by atoms with E-state index < -0.39 is 46.2 Å². The molecule has 0 radical (unpaired) electrons. The molecule has 0 aliphatic rings. The van der Waals surface area contributed by atoms with Crippen LogP contribution in [0.1, 0.15) is 37.0 Å². The van der Waals surface area contributed by atoms with Gasteiger partial charge in [0.2, 0.25) is 11.8 Å². The molecule has 0 aromatic heterocycles. The highest BCUT2D eigenvalue weighted by atomic mass is 32.2. The average molecular weight is 606 g/mol. The first kappa shape index (κ1) is 32.5. The van der Waals surface area contributed by atoms with E-state index in [0.717, 1.165) is 17.7 Å². The Balaban J connectivity index is 2.13. The number of methoxy groups -OCH3 is 1. The molecule has 0 spiro atoms. The number of hydrogen-bond donors (Lipinski definition) is 1. The molecule has 3 aromatic rings. The van der Waals surface area contributed by atoms with Crippen LogP contribution in [0, 0.1) is 6.92 Å². The molecule has 0 aliphatic heterocycles. The number of nitrogens with zero attached hydrogens (tertiary/aromatic N) is 2. The van der Waals surface area contributed by atoms with Gasteiger partial charge in [0.15, 0.2) is 0 Å². The van der Waals surface area contributed by atoms with Crippen LogP contribution in [-0.2, 0) is 32.3 Å². The minimum atomic E-state index is -4.75. The molecule has 0 aliphatic carbocycles. The first-order chi connectivity index (χ1) is 19.8. The lowest BCUT2D eigenvalue weighted by Gasteiger charge is -2.33.